The minimum Gasteiger partial charge on any atom is -0.496 e. The van der Waals surface area contributed by atoms with E-state index in [4.69, 9.17) is 9.47 Å². The summed E-state index contributed by atoms with van der Waals surface area (Å²) < 4.78 is 10.0. The van der Waals surface area contributed by atoms with Crippen molar-refractivity contribution in [1.82, 2.24) is 0 Å². The standard InChI is InChI=1S/C15H18O4/c1-9-10-7-8-15(2,14(17)19-4)13(16)11(10)5-6-12(9)18-3/h5-6H,7-8H2,1-4H3/t15-/m1/s1. The lowest BCUT2D eigenvalue weighted by molar-refractivity contribution is -0.149. The number of carbonyl (C=O) groups excluding carboxylic acids is 2. The topological polar surface area (TPSA) is 52.6 Å². The molecule has 1 aliphatic carbocycles. The fraction of sp³-hybridized carbons (Fsp3) is 0.467. The van der Waals surface area contributed by atoms with E-state index >= 15 is 0 Å². The van der Waals surface area contributed by atoms with Gasteiger partial charge in [0, 0.05) is 5.56 Å². The molecule has 0 saturated heterocycles. The maximum Gasteiger partial charge on any atom is 0.319 e. The summed E-state index contributed by atoms with van der Waals surface area (Å²) in [6.45, 7) is 3.59. The summed E-state index contributed by atoms with van der Waals surface area (Å²) in [6, 6.07) is 3.51. The zero-order valence-corrected chi connectivity index (χ0v) is 11.7. The van der Waals surface area contributed by atoms with E-state index in [-0.39, 0.29) is 5.78 Å². The monoisotopic (exact) mass is 262 g/mol. The van der Waals surface area contributed by atoms with E-state index in [1.54, 1.807) is 26.2 Å². The van der Waals surface area contributed by atoms with Crippen molar-refractivity contribution in [1.29, 1.82) is 0 Å². The predicted octanol–water partition coefficient (Wildman–Crippen LogP) is 2.31. The number of hydrogen-bond donors (Lipinski definition) is 0. The molecule has 0 spiro atoms. The predicted molar refractivity (Wildman–Crippen MR) is 70.5 cm³/mol. The molecule has 0 unspecified atom stereocenters. The van der Waals surface area contributed by atoms with Crippen molar-refractivity contribution in [3.05, 3.63) is 28.8 Å². The lowest BCUT2D eigenvalue weighted by Crippen LogP contribution is -2.41. The molecule has 4 heteroatoms. The van der Waals surface area contributed by atoms with Gasteiger partial charge in [0.15, 0.2) is 5.78 Å². The van der Waals surface area contributed by atoms with Crippen molar-refractivity contribution < 1.29 is 19.1 Å². The van der Waals surface area contributed by atoms with E-state index in [2.05, 4.69) is 0 Å². The first kappa shape index (κ1) is 13.6. The first-order chi connectivity index (χ1) is 8.95. The second-order valence-corrected chi connectivity index (χ2v) is 5.07. The highest BCUT2D eigenvalue weighted by molar-refractivity contribution is 6.14. The van der Waals surface area contributed by atoms with Crippen molar-refractivity contribution in [2.24, 2.45) is 5.41 Å². The van der Waals surface area contributed by atoms with Crippen LogP contribution in [-0.2, 0) is 16.0 Å². The van der Waals surface area contributed by atoms with Gasteiger partial charge in [0.2, 0.25) is 0 Å². The van der Waals surface area contributed by atoms with Gasteiger partial charge >= 0.3 is 5.97 Å². The van der Waals surface area contributed by atoms with Crippen LogP contribution in [0.3, 0.4) is 0 Å². The quantitative estimate of drug-likeness (QED) is 0.606. The van der Waals surface area contributed by atoms with Gasteiger partial charge in [0.1, 0.15) is 11.2 Å². The molecule has 1 atom stereocenters. The fourth-order valence-corrected chi connectivity index (χ4v) is 2.70. The maximum absolute atomic E-state index is 12.5. The van der Waals surface area contributed by atoms with Crippen LogP contribution in [0.15, 0.2) is 12.1 Å². The van der Waals surface area contributed by atoms with Gasteiger partial charge in [-0.2, -0.15) is 0 Å². The summed E-state index contributed by atoms with van der Waals surface area (Å²) in [6.07, 6.45) is 1.15. The SMILES string of the molecule is COC(=O)[C@]1(C)CCc2c(ccc(OC)c2C)C1=O. The molecule has 102 valence electrons. The summed E-state index contributed by atoms with van der Waals surface area (Å²) in [7, 11) is 2.92. The largest absolute Gasteiger partial charge is 0.496 e. The van der Waals surface area contributed by atoms with Crippen LogP contribution in [0.1, 0.15) is 34.8 Å². The Labute approximate surface area is 112 Å². The first-order valence-corrected chi connectivity index (χ1v) is 6.25. The molecule has 0 heterocycles. The van der Waals surface area contributed by atoms with Gasteiger partial charge in [-0.3, -0.25) is 9.59 Å². The summed E-state index contributed by atoms with van der Waals surface area (Å²) in [5.41, 5.74) is 1.49. The molecule has 0 radical (unpaired) electrons. The Hall–Kier alpha value is -1.84. The molecule has 2 rings (SSSR count). The molecule has 0 amide bonds. The number of benzene rings is 1. The van der Waals surface area contributed by atoms with Gasteiger partial charge < -0.3 is 9.47 Å². The zero-order valence-electron chi connectivity index (χ0n) is 11.7. The molecule has 0 aromatic heterocycles. The Morgan fingerprint density at radius 2 is 2.00 bits per heavy atom. The highest BCUT2D eigenvalue weighted by Crippen LogP contribution is 2.39. The average Bonchev–Trinajstić information content (AvgIpc) is 2.42. The summed E-state index contributed by atoms with van der Waals surface area (Å²) >= 11 is 0. The van der Waals surface area contributed by atoms with Crippen molar-refractivity contribution in [3.8, 4) is 5.75 Å². The smallest absolute Gasteiger partial charge is 0.319 e. The van der Waals surface area contributed by atoms with E-state index in [9.17, 15) is 9.59 Å². The third-order valence-corrected chi connectivity index (χ3v) is 4.03. The van der Waals surface area contributed by atoms with E-state index in [1.165, 1.54) is 7.11 Å². The van der Waals surface area contributed by atoms with Gasteiger partial charge in [-0.25, -0.2) is 0 Å². The number of ether oxygens (including phenoxy) is 2. The van der Waals surface area contributed by atoms with Crippen LogP contribution in [-0.4, -0.2) is 26.0 Å². The first-order valence-electron chi connectivity index (χ1n) is 6.25. The molecule has 0 fully saturated rings. The third kappa shape index (κ3) is 1.91. The third-order valence-electron chi connectivity index (χ3n) is 4.03. The highest BCUT2D eigenvalue weighted by Gasteiger charge is 2.46. The average molecular weight is 262 g/mol. The van der Waals surface area contributed by atoms with Gasteiger partial charge in [-0.1, -0.05) is 0 Å². The molecular weight excluding hydrogens is 244 g/mol. The number of esters is 1. The normalized spacial score (nSPS) is 21.8. The second kappa shape index (κ2) is 4.68. The van der Waals surface area contributed by atoms with Crippen molar-refractivity contribution in [3.63, 3.8) is 0 Å². The lowest BCUT2D eigenvalue weighted by atomic mass is 9.71. The fourth-order valence-electron chi connectivity index (χ4n) is 2.70. The molecule has 0 bridgehead atoms. The van der Waals surface area contributed by atoms with Gasteiger partial charge in [-0.05, 0) is 49.9 Å². The molecule has 0 N–H and O–H groups in total. The van der Waals surface area contributed by atoms with Crippen molar-refractivity contribution in [2.45, 2.75) is 26.7 Å². The van der Waals surface area contributed by atoms with Crippen LogP contribution in [0.4, 0.5) is 0 Å². The van der Waals surface area contributed by atoms with Crippen LogP contribution >= 0.6 is 0 Å². The number of carbonyl (C=O) groups is 2. The summed E-state index contributed by atoms with van der Waals surface area (Å²) in [5, 5.41) is 0. The Balaban J connectivity index is 2.52. The van der Waals surface area contributed by atoms with Crippen molar-refractivity contribution >= 4 is 11.8 Å². The molecular formula is C15H18O4. The Kier molecular flexibility index (Phi) is 3.35. The van der Waals surface area contributed by atoms with Crippen LogP contribution in [0.2, 0.25) is 0 Å². The molecule has 0 aliphatic heterocycles. The lowest BCUT2D eigenvalue weighted by Gasteiger charge is -2.31. The minimum atomic E-state index is -1.07. The highest BCUT2D eigenvalue weighted by atomic mass is 16.5. The van der Waals surface area contributed by atoms with Gasteiger partial charge in [0.25, 0.3) is 0 Å². The number of rotatable bonds is 2. The number of Topliss-reactive ketones (excluding diaryl/α,β-unsaturated/α-hetero) is 1. The molecule has 0 saturated carbocycles. The van der Waals surface area contributed by atoms with E-state index in [0.29, 0.717) is 18.4 Å². The second-order valence-electron chi connectivity index (χ2n) is 5.07. The van der Waals surface area contributed by atoms with E-state index in [0.717, 1.165) is 16.9 Å². The van der Waals surface area contributed by atoms with Gasteiger partial charge in [0.05, 0.1) is 14.2 Å². The molecule has 19 heavy (non-hydrogen) atoms. The van der Waals surface area contributed by atoms with Gasteiger partial charge in [-0.15, -0.1) is 0 Å². The van der Waals surface area contributed by atoms with Crippen LogP contribution in [0.25, 0.3) is 0 Å². The van der Waals surface area contributed by atoms with Crippen LogP contribution < -0.4 is 4.74 Å². The number of hydrogen-bond acceptors (Lipinski definition) is 4. The summed E-state index contributed by atoms with van der Waals surface area (Å²) in [4.78, 5) is 24.4. The van der Waals surface area contributed by atoms with Crippen molar-refractivity contribution in [2.75, 3.05) is 14.2 Å². The minimum absolute atomic E-state index is 0.161. The molecule has 4 nitrogen and oxygen atoms in total. The zero-order chi connectivity index (χ0) is 14.2. The van der Waals surface area contributed by atoms with Crippen LogP contribution in [0.5, 0.6) is 5.75 Å². The van der Waals surface area contributed by atoms with E-state index < -0.39 is 11.4 Å². The Bertz CT molecular complexity index is 547. The Morgan fingerprint density at radius 1 is 1.32 bits per heavy atom. The van der Waals surface area contributed by atoms with E-state index in [1.807, 2.05) is 6.92 Å². The number of ketones is 1. The maximum atomic E-state index is 12.5. The molecule has 1 aliphatic rings. The molecule has 1 aromatic carbocycles. The molecule has 1 aromatic rings. The Morgan fingerprint density at radius 3 is 2.58 bits per heavy atom. The number of methoxy groups -OCH3 is 2. The van der Waals surface area contributed by atoms with Crippen LogP contribution in [0, 0.1) is 12.3 Å². The number of fused-ring (bicyclic) bond motifs is 1. The summed E-state index contributed by atoms with van der Waals surface area (Å²) in [5.74, 6) is 0.149.